The van der Waals surface area contributed by atoms with E-state index in [4.69, 9.17) is 0 Å². The first kappa shape index (κ1) is 12.9. The predicted molar refractivity (Wildman–Crippen MR) is 72.3 cm³/mol. The maximum Gasteiger partial charge on any atom is 0.152 e. The van der Waals surface area contributed by atoms with Crippen LogP contribution in [0.4, 0.5) is 0 Å². The van der Waals surface area contributed by atoms with Crippen LogP contribution in [0.15, 0.2) is 0 Å². The van der Waals surface area contributed by atoms with Gasteiger partial charge in [-0.1, -0.05) is 6.42 Å². The molecule has 3 fully saturated rings. The predicted octanol–water partition coefficient (Wildman–Crippen LogP) is 0.541. The molecule has 0 aromatic rings. The van der Waals surface area contributed by atoms with Crippen LogP contribution < -0.4 is 10.6 Å². The number of sulfone groups is 1. The number of hydrogen-bond donors (Lipinski definition) is 2. The molecule has 0 radical (unpaired) electrons. The summed E-state index contributed by atoms with van der Waals surface area (Å²) in [6.45, 7) is 4.14. The fourth-order valence-corrected chi connectivity index (χ4v) is 6.16. The smallest absolute Gasteiger partial charge is 0.152 e. The fraction of sp³-hybridized carbons (Fsp3) is 1.00. The Morgan fingerprint density at radius 3 is 2.94 bits per heavy atom. The molecule has 4 nitrogen and oxygen atoms in total. The van der Waals surface area contributed by atoms with Gasteiger partial charge in [-0.25, -0.2) is 8.42 Å². The van der Waals surface area contributed by atoms with E-state index in [0.29, 0.717) is 17.5 Å². The molecular weight excluding hydrogens is 248 g/mol. The quantitative estimate of drug-likeness (QED) is 0.787. The summed E-state index contributed by atoms with van der Waals surface area (Å²) >= 11 is 0. The molecule has 1 aliphatic carbocycles. The highest BCUT2D eigenvalue weighted by molar-refractivity contribution is 7.91. The molecule has 0 bridgehead atoms. The van der Waals surface area contributed by atoms with Crippen molar-refractivity contribution in [1.82, 2.24) is 10.6 Å². The SMILES string of the molecule is CC1(NCC2NCC3CCCC32)CCS(=O)(=O)C1. The second-order valence-electron chi connectivity index (χ2n) is 6.65. The molecule has 2 saturated heterocycles. The molecule has 0 spiro atoms. The molecule has 18 heavy (non-hydrogen) atoms. The van der Waals surface area contributed by atoms with Crippen LogP contribution >= 0.6 is 0 Å². The van der Waals surface area contributed by atoms with Crippen LogP contribution in [0.25, 0.3) is 0 Å². The third-order valence-corrected chi connectivity index (χ3v) is 7.03. The second-order valence-corrected chi connectivity index (χ2v) is 8.84. The lowest BCUT2D eigenvalue weighted by Gasteiger charge is -2.28. The molecule has 2 N–H and O–H groups in total. The van der Waals surface area contributed by atoms with Crippen LogP contribution in [0.2, 0.25) is 0 Å². The van der Waals surface area contributed by atoms with Crippen LogP contribution in [0, 0.1) is 11.8 Å². The Morgan fingerprint density at radius 2 is 2.22 bits per heavy atom. The molecule has 104 valence electrons. The first-order chi connectivity index (χ1) is 8.48. The van der Waals surface area contributed by atoms with Gasteiger partial charge in [-0.15, -0.1) is 0 Å². The second kappa shape index (κ2) is 4.46. The minimum atomic E-state index is -2.80. The summed E-state index contributed by atoms with van der Waals surface area (Å²) in [4.78, 5) is 0. The lowest BCUT2D eigenvalue weighted by atomic mass is 9.93. The molecule has 4 atom stereocenters. The highest BCUT2D eigenvalue weighted by atomic mass is 32.2. The number of rotatable bonds is 3. The van der Waals surface area contributed by atoms with Crippen LogP contribution in [0.5, 0.6) is 0 Å². The van der Waals surface area contributed by atoms with Gasteiger partial charge in [0.1, 0.15) is 0 Å². The third-order valence-electron chi connectivity index (χ3n) is 5.13. The average molecular weight is 272 g/mol. The summed E-state index contributed by atoms with van der Waals surface area (Å²) in [7, 11) is -2.80. The van der Waals surface area contributed by atoms with E-state index in [1.54, 1.807) is 0 Å². The zero-order chi connectivity index (χ0) is 12.8. The Bertz CT molecular complexity index is 423. The van der Waals surface area contributed by atoms with Crippen LogP contribution in [0.3, 0.4) is 0 Å². The molecular formula is C13H24N2O2S. The van der Waals surface area contributed by atoms with Gasteiger partial charge in [0, 0.05) is 18.1 Å². The first-order valence-electron chi connectivity index (χ1n) is 7.16. The van der Waals surface area contributed by atoms with Crippen molar-refractivity contribution in [3.8, 4) is 0 Å². The summed E-state index contributed by atoms with van der Waals surface area (Å²) in [6.07, 6.45) is 4.86. The number of hydrogen-bond acceptors (Lipinski definition) is 4. The van der Waals surface area contributed by atoms with Gasteiger partial charge in [-0.05, 0) is 44.6 Å². The van der Waals surface area contributed by atoms with Crippen molar-refractivity contribution >= 4 is 9.84 Å². The lowest BCUT2D eigenvalue weighted by Crippen LogP contribution is -2.49. The Labute approximate surface area is 110 Å². The van der Waals surface area contributed by atoms with E-state index in [-0.39, 0.29) is 5.54 Å². The highest BCUT2D eigenvalue weighted by Crippen LogP contribution is 2.37. The van der Waals surface area contributed by atoms with Gasteiger partial charge in [0.15, 0.2) is 9.84 Å². The monoisotopic (exact) mass is 272 g/mol. The summed E-state index contributed by atoms with van der Waals surface area (Å²) in [6, 6.07) is 0.553. The van der Waals surface area contributed by atoms with Gasteiger partial charge < -0.3 is 10.6 Å². The Kier molecular flexibility index (Phi) is 3.19. The molecule has 0 aromatic carbocycles. The molecule has 3 aliphatic rings. The van der Waals surface area contributed by atoms with Gasteiger partial charge in [0.25, 0.3) is 0 Å². The Hall–Kier alpha value is -0.130. The van der Waals surface area contributed by atoms with Gasteiger partial charge in [-0.2, -0.15) is 0 Å². The van der Waals surface area contributed by atoms with Gasteiger partial charge in [0.2, 0.25) is 0 Å². The molecule has 5 heteroatoms. The van der Waals surface area contributed by atoms with Gasteiger partial charge >= 0.3 is 0 Å². The summed E-state index contributed by atoms with van der Waals surface area (Å²) in [5, 5.41) is 7.14. The van der Waals surface area contributed by atoms with E-state index in [0.717, 1.165) is 31.3 Å². The van der Waals surface area contributed by atoms with Crippen molar-refractivity contribution < 1.29 is 8.42 Å². The zero-order valence-corrected chi connectivity index (χ0v) is 11.9. The van der Waals surface area contributed by atoms with E-state index in [9.17, 15) is 8.42 Å². The minimum absolute atomic E-state index is 0.197. The molecule has 0 amide bonds. The largest absolute Gasteiger partial charge is 0.312 e. The zero-order valence-electron chi connectivity index (χ0n) is 11.1. The summed E-state index contributed by atoms with van der Waals surface area (Å²) < 4.78 is 23.1. The number of fused-ring (bicyclic) bond motifs is 1. The van der Waals surface area contributed by atoms with E-state index in [1.165, 1.54) is 19.3 Å². The Morgan fingerprint density at radius 1 is 1.39 bits per heavy atom. The van der Waals surface area contributed by atoms with Crippen molar-refractivity contribution in [2.75, 3.05) is 24.6 Å². The van der Waals surface area contributed by atoms with Gasteiger partial charge in [0.05, 0.1) is 11.5 Å². The Balaban J connectivity index is 1.56. The van der Waals surface area contributed by atoms with Crippen LogP contribution in [-0.2, 0) is 9.84 Å². The molecule has 4 unspecified atom stereocenters. The van der Waals surface area contributed by atoms with E-state index in [2.05, 4.69) is 17.6 Å². The van der Waals surface area contributed by atoms with Crippen molar-refractivity contribution in [2.24, 2.45) is 11.8 Å². The minimum Gasteiger partial charge on any atom is -0.312 e. The molecule has 2 aliphatic heterocycles. The van der Waals surface area contributed by atoms with E-state index < -0.39 is 9.84 Å². The van der Waals surface area contributed by atoms with Crippen molar-refractivity contribution in [2.45, 2.75) is 44.2 Å². The number of nitrogens with one attached hydrogen (secondary N) is 2. The maximum atomic E-state index is 11.6. The lowest BCUT2D eigenvalue weighted by molar-refractivity contribution is 0.332. The first-order valence-corrected chi connectivity index (χ1v) is 8.98. The summed E-state index contributed by atoms with van der Waals surface area (Å²) in [5.41, 5.74) is -0.197. The van der Waals surface area contributed by atoms with Gasteiger partial charge in [-0.3, -0.25) is 0 Å². The maximum absolute atomic E-state index is 11.6. The van der Waals surface area contributed by atoms with E-state index in [1.807, 2.05) is 0 Å². The van der Waals surface area contributed by atoms with Crippen molar-refractivity contribution in [3.63, 3.8) is 0 Å². The average Bonchev–Trinajstić information content (AvgIpc) is 2.91. The van der Waals surface area contributed by atoms with Crippen molar-refractivity contribution in [1.29, 1.82) is 0 Å². The normalized spacial score (nSPS) is 46.4. The van der Waals surface area contributed by atoms with E-state index >= 15 is 0 Å². The molecule has 3 rings (SSSR count). The van der Waals surface area contributed by atoms with Crippen molar-refractivity contribution in [3.05, 3.63) is 0 Å². The molecule has 2 heterocycles. The highest BCUT2D eigenvalue weighted by Gasteiger charge is 2.42. The van der Waals surface area contributed by atoms with Crippen LogP contribution in [-0.4, -0.2) is 44.6 Å². The van der Waals surface area contributed by atoms with Crippen LogP contribution in [0.1, 0.15) is 32.6 Å². The standard InChI is InChI=1S/C13H24N2O2S/c1-13(5-6-18(16,17)9-13)15-8-12-11-4-2-3-10(11)7-14-12/h10-12,14-15H,2-9H2,1H3. The summed E-state index contributed by atoms with van der Waals surface area (Å²) in [5.74, 6) is 2.34. The molecule has 0 aromatic heterocycles. The molecule has 1 saturated carbocycles. The third kappa shape index (κ3) is 2.45. The fourth-order valence-electron chi connectivity index (χ4n) is 4.03. The topological polar surface area (TPSA) is 58.2 Å².